The minimum Gasteiger partial charge on any atom is -0.393 e. The van der Waals surface area contributed by atoms with Gasteiger partial charge in [-0.2, -0.15) is 0 Å². The number of aliphatic hydroxyl groups is 1. The standard InChI is InChI=1S/C9H18OS/c1-4-9(10)6-5-7-11-8(2)3/h5,7-10H,4,6H2,1-3H3/b7-5+. The first-order chi connectivity index (χ1) is 5.16. The summed E-state index contributed by atoms with van der Waals surface area (Å²) in [7, 11) is 0. The molecular weight excluding hydrogens is 156 g/mol. The van der Waals surface area contributed by atoms with E-state index in [-0.39, 0.29) is 6.10 Å². The molecule has 0 aliphatic carbocycles. The highest BCUT2D eigenvalue weighted by molar-refractivity contribution is 8.02. The van der Waals surface area contributed by atoms with Crippen LogP contribution in [0.15, 0.2) is 11.5 Å². The summed E-state index contributed by atoms with van der Waals surface area (Å²) in [4.78, 5) is 0. The lowest BCUT2D eigenvalue weighted by atomic mass is 10.2. The van der Waals surface area contributed by atoms with E-state index in [2.05, 4.69) is 19.3 Å². The number of rotatable bonds is 5. The second kappa shape index (κ2) is 6.74. The van der Waals surface area contributed by atoms with Crippen LogP contribution in [0.25, 0.3) is 0 Å². The van der Waals surface area contributed by atoms with Crippen LogP contribution >= 0.6 is 11.8 Å². The second-order valence-corrected chi connectivity index (χ2v) is 4.34. The Morgan fingerprint density at radius 1 is 1.45 bits per heavy atom. The largest absolute Gasteiger partial charge is 0.393 e. The fourth-order valence-electron chi connectivity index (χ4n) is 0.592. The summed E-state index contributed by atoms with van der Waals surface area (Å²) in [6.45, 7) is 6.31. The predicted molar refractivity (Wildman–Crippen MR) is 52.8 cm³/mol. The minimum absolute atomic E-state index is 0.154. The lowest BCUT2D eigenvalue weighted by Crippen LogP contribution is -2.00. The fraction of sp³-hybridized carbons (Fsp3) is 0.778. The molecule has 1 nitrogen and oxygen atoms in total. The molecule has 1 unspecified atom stereocenters. The maximum Gasteiger partial charge on any atom is 0.0572 e. The van der Waals surface area contributed by atoms with E-state index in [4.69, 9.17) is 5.11 Å². The molecule has 1 N–H and O–H groups in total. The molecule has 0 aliphatic rings. The Morgan fingerprint density at radius 2 is 2.09 bits per heavy atom. The average molecular weight is 174 g/mol. The van der Waals surface area contributed by atoms with Crippen molar-refractivity contribution in [3.05, 3.63) is 11.5 Å². The first kappa shape index (κ1) is 11.1. The summed E-state index contributed by atoms with van der Waals surface area (Å²) in [5.41, 5.74) is 0. The fourth-order valence-corrected chi connectivity index (χ4v) is 1.13. The molecule has 2 heteroatoms. The summed E-state index contributed by atoms with van der Waals surface area (Å²) in [6.07, 6.45) is 3.52. The lowest BCUT2D eigenvalue weighted by molar-refractivity contribution is 0.174. The molecule has 0 rings (SSSR count). The Labute approximate surface area is 73.9 Å². The van der Waals surface area contributed by atoms with Crippen molar-refractivity contribution >= 4 is 11.8 Å². The van der Waals surface area contributed by atoms with Gasteiger partial charge in [0.15, 0.2) is 0 Å². The number of hydrogen-bond donors (Lipinski definition) is 1. The maximum absolute atomic E-state index is 9.16. The van der Waals surface area contributed by atoms with Gasteiger partial charge in [0.05, 0.1) is 6.10 Å². The van der Waals surface area contributed by atoms with Gasteiger partial charge in [0, 0.05) is 5.25 Å². The van der Waals surface area contributed by atoms with E-state index < -0.39 is 0 Å². The Morgan fingerprint density at radius 3 is 2.55 bits per heavy atom. The number of thioether (sulfide) groups is 1. The van der Waals surface area contributed by atoms with Gasteiger partial charge in [0.2, 0.25) is 0 Å². The van der Waals surface area contributed by atoms with Gasteiger partial charge in [-0.05, 0) is 18.2 Å². The van der Waals surface area contributed by atoms with Crippen LogP contribution in [-0.2, 0) is 0 Å². The van der Waals surface area contributed by atoms with Crippen LogP contribution in [-0.4, -0.2) is 16.5 Å². The zero-order chi connectivity index (χ0) is 8.69. The Hall–Kier alpha value is 0.0500. The van der Waals surface area contributed by atoms with E-state index in [9.17, 15) is 0 Å². The smallest absolute Gasteiger partial charge is 0.0572 e. The molecule has 0 saturated carbocycles. The summed E-state index contributed by atoms with van der Waals surface area (Å²) in [6, 6.07) is 0. The highest BCUT2D eigenvalue weighted by atomic mass is 32.2. The van der Waals surface area contributed by atoms with Gasteiger partial charge in [-0.1, -0.05) is 26.8 Å². The SMILES string of the molecule is CCC(O)C/C=C/SC(C)C. The van der Waals surface area contributed by atoms with Gasteiger partial charge < -0.3 is 5.11 Å². The predicted octanol–water partition coefficient (Wildman–Crippen LogP) is 2.80. The van der Waals surface area contributed by atoms with E-state index in [1.54, 1.807) is 11.8 Å². The van der Waals surface area contributed by atoms with Crippen molar-refractivity contribution in [1.82, 2.24) is 0 Å². The molecule has 1 atom stereocenters. The van der Waals surface area contributed by atoms with E-state index in [1.165, 1.54) is 0 Å². The molecule has 0 aromatic rings. The molecule has 0 radical (unpaired) electrons. The van der Waals surface area contributed by atoms with E-state index >= 15 is 0 Å². The topological polar surface area (TPSA) is 20.2 Å². The third-order valence-electron chi connectivity index (χ3n) is 1.33. The van der Waals surface area contributed by atoms with Crippen molar-refractivity contribution in [3.63, 3.8) is 0 Å². The summed E-state index contributed by atoms with van der Waals surface area (Å²) < 4.78 is 0. The van der Waals surface area contributed by atoms with E-state index in [1.807, 2.05) is 13.0 Å². The molecule has 0 amide bonds. The number of aliphatic hydroxyl groups excluding tert-OH is 1. The minimum atomic E-state index is -0.154. The van der Waals surface area contributed by atoms with Crippen molar-refractivity contribution < 1.29 is 5.11 Å². The molecule has 0 bridgehead atoms. The Kier molecular flexibility index (Phi) is 6.77. The maximum atomic E-state index is 9.16. The van der Waals surface area contributed by atoms with Crippen LogP contribution < -0.4 is 0 Å². The highest BCUT2D eigenvalue weighted by Gasteiger charge is 1.95. The second-order valence-electron chi connectivity index (χ2n) is 2.85. The molecule has 0 fully saturated rings. The van der Waals surface area contributed by atoms with Crippen LogP contribution in [0.5, 0.6) is 0 Å². The molecule has 0 heterocycles. The molecule has 66 valence electrons. The zero-order valence-electron chi connectivity index (χ0n) is 7.58. The Bertz CT molecular complexity index is 110. The van der Waals surface area contributed by atoms with E-state index in [0.717, 1.165) is 12.8 Å². The average Bonchev–Trinajstić information content (AvgIpc) is 1.97. The third-order valence-corrected chi connectivity index (χ3v) is 2.22. The highest BCUT2D eigenvalue weighted by Crippen LogP contribution is 2.11. The van der Waals surface area contributed by atoms with Gasteiger partial charge in [0.25, 0.3) is 0 Å². The van der Waals surface area contributed by atoms with Crippen molar-refractivity contribution in [2.24, 2.45) is 0 Å². The van der Waals surface area contributed by atoms with Crippen molar-refractivity contribution in [2.45, 2.75) is 45.0 Å². The Balaban J connectivity index is 3.29. The molecule has 11 heavy (non-hydrogen) atoms. The summed E-state index contributed by atoms with van der Waals surface area (Å²) in [5.74, 6) is 0. The third kappa shape index (κ3) is 7.95. The summed E-state index contributed by atoms with van der Waals surface area (Å²) in [5, 5.41) is 11.9. The molecular formula is C9H18OS. The summed E-state index contributed by atoms with van der Waals surface area (Å²) >= 11 is 1.79. The number of hydrogen-bond acceptors (Lipinski definition) is 2. The molecule has 0 spiro atoms. The van der Waals surface area contributed by atoms with Gasteiger partial charge >= 0.3 is 0 Å². The lowest BCUT2D eigenvalue weighted by Gasteiger charge is -2.02. The first-order valence-corrected chi connectivity index (χ1v) is 5.09. The quantitative estimate of drug-likeness (QED) is 0.691. The van der Waals surface area contributed by atoms with Gasteiger partial charge in [0.1, 0.15) is 0 Å². The van der Waals surface area contributed by atoms with E-state index in [0.29, 0.717) is 5.25 Å². The molecule has 0 saturated heterocycles. The van der Waals surface area contributed by atoms with Crippen LogP contribution in [0.4, 0.5) is 0 Å². The first-order valence-electron chi connectivity index (χ1n) is 4.15. The van der Waals surface area contributed by atoms with Gasteiger partial charge in [-0.25, -0.2) is 0 Å². The normalized spacial score (nSPS) is 14.6. The van der Waals surface area contributed by atoms with Gasteiger partial charge in [-0.3, -0.25) is 0 Å². The monoisotopic (exact) mass is 174 g/mol. The van der Waals surface area contributed by atoms with Crippen LogP contribution in [0, 0.1) is 0 Å². The zero-order valence-corrected chi connectivity index (χ0v) is 8.40. The molecule has 0 aliphatic heterocycles. The van der Waals surface area contributed by atoms with Crippen molar-refractivity contribution in [1.29, 1.82) is 0 Å². The van der Waals surface area contributed by atoms with Gasteiger partial charge in [-0.15, -0.1) is 11.8 Å². The van der Waals surface area contributed by atoms with Crippen LogP contribution in [0.1, 0.15) is 33.6 Å². The molecule has 0 aromatic carbocycles. The molecule has 0 aromatic heterocycles. The van der Waals surface area contributed by atoms with Crippen molar-refractivity contribution in [2.75, 3.05) is 0 Å². The van der Waals surface area contributed by atoms with Crippen LogP contribution in [0.2, 0.25) is 0 Å². The van der Waals surface area contributed by atoms with Crippen molar-refractivity contribution in [3.8, 4) is 0 Å². The van der Waals surface area contributed by atoms with Crippen LogP contribution in [0.3, 0.4) is 0 Å².